The average Bonchev–Trinajstić information content (AvgIpc) is 2.57. The summed E-state index contributed by atoms with van der Waals surface area (Å²) in [5.74, 6) is 0.0824. The molecule has 1 amide bonds. The minimum Gasteiger partial charge on any atom is -0.302 e. The highest BCUT2D eigenvalue weighted by molar-refractivity contribution is 7.15. The third-order valence-electron chi connectivity index (χ3n) is 2.14. The van der Waals surface area contributed by atoms with Gasteiger partial charge in [0.2, 0.25) is 5.91 Å². The van der Waals surface area contributed by atoms with E-state index in [0.717, 1.165) is 17.0 Å². The second kappa shape index (κ2) is 5.47. The maximum atomic E-state index is 11.5. The zero-order valence-corrected chi connectivity index (χ0v) is 10.7. The molecule has 0 fully saturated rings. The number of nitrogens with zero attached hydrogens (tertiary/aromatic N) is 1. The van der Waals surface area contributed by atoms with Gasteiger partial charge in [-0.3, -0.25) is 4.79 Å². The molecule has 1 aromatic heterocycles. The molecule has 0 aliphatic carbocycles. The van der Waals surface area contributed by atoms with E-state index in [1.807, 2.05) is 6.92 Å². The number of halogens is 1. The van der Waals surface area contributed by atoms with Gasteiger partial charge in [0.1, 0.15) is 0 Å². The number of carbonyl (C=O) groups excluding carboxylic acids is 1. The number of nitrogens with one attached hydrogen (secondary N) is 1. The van der Waals surface area contributed by atoms with Crippen LogP contribution in [-0.4, -0.2) is 16.8 Å². The predicted octanol–water partition coefficient (Wildman–Crippen LogP) is 2.83. The fraction of sp³-hybridized carbons (Fsp3) is 0.600. The Morgan fingerprint density at radius 2 is 2.33 bits per heavy atom. The minimum atomic E-state index is -0.180. The first kappa shape index (κ1) is 12.5. The minimum absolute atomic E-state index is 0.0681. The van der Waals surface area contributed by atoms with Crippen LogP contribution in [0, 0.1) is 12.8 Å². The van der Waals surface area contributed by atoms with Crippen LogP contribution in [0.25, 0.3) is 0 Å². The third-order valence-corrected chi connectivity index (χ3v) is 3.53. The first-order valence-electron chi connectivity index (χ1n) is 4.91. The molecule has 1 heterocycles. The maximum absolute atomic E-state index is 11.5. The predicted molar refractivity (Wildman–Crippen MR) is 64.7 cm³/mol. The highest BCUT2D eigenvalue weighted by atomic mass is 35.5. The van der Waals surface area contributed by atoms with Crippen molar-refractivity contribution in [3.63, 3.8) is 0 Å². The first-order valence-corrected chi connectivity index (χ1v) is 6.26. The van der Waals surface area contributed by atoms with Crippen molar-refractivity contribution in [2.24, 2.45) is 5.92 Å². The van der Waals surface area contributed by atoms with Crippen molar-refractivity contribution in [3.05, 3.63) is 10.6 Å². The Morgan fingerprint density at radius 3 is 2.80 bits per heavy atom. The van der Waals surface area contributed by atoms with Gasteiger partial charge < -0.3 is 5.32 Å². The molecule has 0 saturated heterocycles. The highest BCUT2D eigenvalue weighted by Crippen LogP contribution is 2.22. The van der Waals surface area contributed by atoms with E-state index in [0.29, 0.717) is 11.0 Å². The maximum Gasteiger partial charge on any atom is 0.230 e. The van der Waals surface area contributed by atoms with Crippen LogP contribution in [0.15, 0.2) is 0 Å². The molecule has 1 atom stereocenters. The molecule has 1 N–H and O–H groups in total. The van der Waals surface area contributed by atoms with Crippen LogP contribution in [0.4, 0.5) is 5.13 Å². The number of alkyl halides is 1. The summed E-state index contributed by atoms with van der Waals surface area (Å²) in [6, 6.07) is 0. The van der Waals surface area contributed by atoms with E-state index in [1.54, 1.807) is 6.92 Å². The fourth-order valence-corrected chi connectivity index (χ4v) is 2.15. The summed E-state index contributed by atoms with van der Waals surface area (Å²) >= 11 is 7.11. The Morgan fingerprint density at radius 1 is 1.67 bits per heavy atom. The molecule has 5 heteroatoms. The largest absolute Gasteiger partial charge is 0.302 e. The van der Waals surface area contributed by atoms with Gasteiger partial charge in [-0.2, -0.15) is 0 Å². The van der Waals surface area contributed by atoms with Gasteiger partial charge in [-0.15, -0.1) is 22.9 Å². The summed E-state index contributed by atoms with van der Waals surface area (Å²) in [6.07, 6.45) is 0.892. The van der Waals surface area contributed by atoms with Gasteiger partial charge in [-0.05, 0) is 13.3 Å². The lowest BCUT2D eigenvalue weighted by atomic mass is 10.2. The summed E-state index contributed by atoms with van der Waals surface area (Å²) in [5.41, 5.74) is 1.05. The molecule has 0 radical (unpaired) electrons. The molecule has 15 heavy (non-hydrogen) atoms. The highest BCUT2D eigenvalue weighted by Gasteiger charge is 2.14. The Bertz CT molecular complexity index is 351. The van der Waals surface area contributed by atoms with E-state index in [4.69, 9.17) is 11.6 Å². The number of anilines is 1. The molecule has 0 aliphatic rings. The molecule has 0 spiro atoms. The summed E-state index contributed by atoms with van der Waals surface area (Å²) in [5, 5.41) is 3.44. The van der Waals surface area contributed by atoms with Crippen molar-refractivity contribution in [3.8, 4) is 0 Å². The molecule has 1 aromatic rings. The molecule has 0 bridgehead atoms. The Hall–Kier alpha value is -0.610. The topological polar surface area (TPSA) is 42.0 Å². The number of rotatable bonds is 4. The summed E-state index contributed by atoms with van der Waals surface area (Å²) < 4.78 is 0. The summed E-state index contributed by atoms with van der Waals surface area (Å²) in [6.45, 7) is 5.86. The van der Waals surface area contributed by atoms with Crippen molar-refractivity contribution in [2.45, 2.75) is 27.2 Å². The van der Waals surface area contributed by atoms with Gasteiger partial charge in [0.05, 0.1) is 5.69 Å². The summed E-state index contributed by atoms with van der Waals surface area (Å²) in [7, 11) is 0. The van der Waals surface area contributed by atoms with Gasteiger partial charge in [0.25, 0.3) is 0 Å². The zero-order chi connectivity index (χ0) is 11.4. The fourth-order valence-electron chi connectivity index (χ4n) is 1.11. The van der Waals surface area contributed by atoms with Crippen molar-refractivity contribution in [1.82, 2.24) is 4.98 Å². The molecule has 1 rings (SSSR count). The van der Waals surface area contributed by atoms with E-state index in [2.05, 4.69) is 17.2 Å². The zero-order valence-electron chi connectivity index (χ0n) is 9.13. The van der Waals surface area contributed by atoms with Gasteiger partial charge in [0, 0.05) is 16.7 Å². The second-order valence-corrected chi connectivity index (χ2v) is 4.93. The second-order valence-electron chi connectivity index (χ2n) is 3.42. The standard InChI is InChI=1S/C10H15ClN2OS/c1-4-8-7(3)15-10(12-8)13-9(14)6(2)5-11/h6H,4-5H2,1-3H3,(H,12,13,14). The molecule has 84 valence electrons. The lowest BCUT2D eigenvalue weighted by molar-refractivity contribution is -0.118. The van der Waals surface area contributed by atoms with Crippen LogP contribution < -0.4 is 5.32 Å². The number of hydrogen-bond donors (Lipinski definition) is 1. The van der Waals surface area contributed by atoms with Gasteiger partial charge in [0.15, 0.2) is 5.13 Å². The van der Waals surface area contributed by atoms with Gasteiger partial charge >= 0.3 is 0 Å². The Balaban J connectivity index is 2.68. The van der Waals surface area contributed by atoms with E-state index in [9.17, 15) is 4.79 Å². The molecular formula is C10H15ClN2OS. The van der Waals surface area contributed by atoms with Crippen LogP contribution in [0.2, 0.25) is 0 Å². The normalized spacial score (nSPS) is 12.5. The Labute approximate surface area is 98.9 Å². The molecule has 0 aliphatic heterocycles. The van der Waals surface area contributed by atoms with Crippen molar-refractivity contribution < 1.29 is 4.79 Å². The van der Waals surface area contributed by atoms with Crippen LogP contribution in [0.1, 0.15) is 24.4 Å². The van der Waals surface area contributed by atoms with Crippen molar-refractivity contribution in [1.29, 1.82) is 0 Å². The van der Waals surface area contributed by atoms with Crippen molar-refractivity contribution in [2.75, 3.05) is 11.2 Å². The first-order chi connectivity index (χ1) is 7.08. The summed E-state index contributed by atoms with van der Waals surface area (Å²) in [4.78, 5) is 17.0. The number of thiazole rings is 1. The van der Waals surface area contributed by atoms with Gasteiger partial charge in [-0.1, -0.05) is 13.8 Å². The van der Waals surface area contributed by atoms with Gasteiger partial charge in [-0.25, -0.2) is 4.98 Å². The van der Waals surface area contributed by atoms with E-state index < -0.39 is 0 Å². The number of carbonyl (C=O) groups is 1. The SMILES string of the molecule is CCc1nc(NC(=O)C(C)CCl)sc1C. The number of aryl methyl sites for hydroxylation is 2. The number of aromatic nitrogens is 1. The third kappa shape index (κ3) is 3.18. The molecule has 0 aromatic carbocycles. The monoisotopic (exact) mass is 246 g/mol. The van der Waals surface area contributed by atoms with Crippen LogP contribution >= 0.6 is 22.9 Å². The quantitative estimate of drug-likeness (QED) is 0.831. The van der Waals surface area contributed by atoms with Crippen LogP contribution in [0.5, 0.6) is 0 Å². The lowest BCUT2D eigenvalue weighted by Crippen LogP contribution is -2.21. The molecule has 3 nitrogen and oxygen atoms in total. The molecule has 0 saturated carbocycles. The Kier molecular flexibility index (Phi) is 4.54. The molecule has 1 unspecified atom stereocenters. The number of amides is 1. The number of hydrogen-bond acceptors (Lipinski definition) is 3. The smallest absolute Gasteiger partial charge is 0.230 e. The molecular weight excluding hydrogens is 232 g/mol. The lowest BCUT2D eigenvalue weighted by Gasteiger charge is -2.05. The van der Waals surface area contributed by atoms with Crippen molar-refractivity contribution >= 4 is 34.0 Å². The van der Waals surface area contributed by atoms with E-state index >= 15 is 0 Å². The van der Waals surface area contributed by atoms with E-state index in [1.165, 1.54) is 11.3 Å². The van der Waals surface area contributed by atoms with Crippen LogP contribution in [-0.2, 0) is 11.2 Å². The van der Waals surface area contributed by atoms with Crippen LogP contribution in [0.3, 0.4) is 0 Å². The average molecular weight is 247 g/mol. The van der Waals surface area contributed by atoms with E-state index in [-0.39, 0.29) is 11.8 Å².